The molecule has 0 amide bonds. The number of hydrogen-bond donors (Lipinski definition) is 0. The van der Waals surface area contributed by atoms with E-state index in [0.717, 1.165) is 109 Å². The maximum Gasteiger partial charge on any atom is 0.306 e. The number of allylic oxidation sites excluding steroid dienone is 22. The van der Waals surface area contributed by atoms with Crippen molar-refractivity contribution in [1.82, 2.24) is 0 Å². The summed E-state index contributed by atoms with van der Waals surface area (Å²) in [5.41, 5.74) is 0. The van der Waals surface area contributed by atoms with Gasteiger partial charge in [-0.2, -0.15) is 0 Å². The first-order chi connectivity index (χ1) is 41.0. The Labute approximate surface area is 513 Å². The molecule has 0 fully saturated rings. The van der Waals surface area contributed by atoms with E-state index in [-0.39, 0.29) is 31.6 Å². The maximum absolute atomic E-state index is 12.9. The molecule has 0 aliphatic heterocycles. The first-order valence-corrected chi connectivity index (χ1v) is 34.7. The van der Waals surface area contributed by atoms with Crippen LogP contribution in [0.2, 0.25) is 0 Å². The van der Waals surface area contributed by atoms with E-state index in [9.17, 15) is 14.4 Å². The molecule has 6 nitrogen and oxygen atoms in total. The summed E-state index contributed by atoms with van der Waals surface area (Å²) >= 11 is 0. The summed E-state index contributed by atoms with van der Waals surface area (Å²) in [6.45, 7) is 6.36. The van der Waals surface area contributed by atoms with Crippen molar-refractivity contribution in [2.45, 2.75) is 322 Å². The Hall–Kier alpha value is -4.45. The van der Waals surface area contributed by atoms with Gasteiger partial charge in [0, 0.05) is 19.3 Å². The number of ether oxygens (including phenoxy) is 3. The second kappa shape index (κ2) is 70.0. The summed E-state index contributed by atoms with van der Waals surface area (Å²) < 4.78 is 16.9. The number of carbonyl (C=O) groups excluding carboxylic acids is 3. The van der Waals surface area contributed by atoms with Crippen LogP contribution in [0, 0.1) is 0 Å². The number of rotatable bonds is 62. The lowest BCUT2D eigenvalue weighted by Gasteiger charge is -2.18. The van der Waals surface area contributed by atoms with Crippen LogP contribution >= 0.6 is 0 Å². The van der Waals surface area contributed by atoms with Gasteiger partial charge in [0.05, 0.1) is 0 Å². The molecule has 472 valence electrons. The van der Waals surface area contributed by atoms with E-state index in [4.69, 9.17) is 14.2 Å². The highest BCUT2D eigenvalue weighted by Crippen LogP contribution is 2.17. The second-order valence-corrected chi connectivity index (χ2v) is 22.7. The molecule has 0 heterocycles. The molecule has 83 heavy (non-hydrogen) atoms. The van der Waals surface area contributed by atoms with Crippen LogP contribution in [0.4, 0.5) is 0 Å². The van der Waals surface area contributed by atoms with Crippen molar-refractivity contribution in [2.24, 2.45) is 0 Å². The second-order valence-electron chi connectivity index (χ2n) is 22.7. The minimum atomic E-state index is -0.828. The molecule has 0 aliphatic carbocycles. The molecule has 0 aliphatic rings. The lowest BCUT2D eigenvalue weighted by atomic mass is 10.0. The molecule has 0 aromatic carbocycles. The monoisotopic (exact) mass is 1150 g/mol. The van der Waals surface area contributed by atoms with E-state index in [1.807, 2.05) is 6.08 Å². The Bertz CT molecular complexity index is 1750. The average molecular weight is 1150 g/mol. The normalized spacial score (nSPS) is 13.0. The van der Waals surface area contributed by atoms with E-state index < -0.39 is 12.1 Å². The smallest absolute Gasteiger partial charge is 0.306 e. The standard InChI is InChI=1S/C77H128O6/c1-4-7-10-13-16-19-22-25-28-31-33-34-35-36-37-38-39-40-41-42-44-46-49-52-55-58-61-64-67-70-76(79)82-73-74(72-81-75(78)69-66-63-60-57-54-51-48-45-30-27-24-21-18-15-12-9-6-3)83-77(80)71-68-65-62-59-56-53-50-47-43-32-29-26-23-20-17-14-11-8-5-2/h8-9,11-12,17-18,20-22,25-27,29-31,33,43,47,53,56,62,65,74H,4-7,10,13-16,19,23-24,28,32,34-42,44-46,48-52,54-55,57-61,63-64,66-73H2,1-3H3/b11-8-,12-9-,20-17-,21-18-,25-22-,29-26-,30-27-,33-31-,47-43-,56-53-,65-62-. The highest BCUT2D eigenvalue weighted by Gasteiger charge is 2.19. The third kappa shape index (κ3) is 68.2. The molecule has 0 aromatic rings. The third-order valence-corrected chi connectivity index (χ3v) is 14.6. The molecular weight excluding hydrogens is 1020 g/mol. The molecule has 0 saturated heterocycles. The first kappa shape index (κ1) is 78.5. The Morgan fingerprint density at radius 2 is 0.494 bits per heavy atom. The Balaban J connectivity index is 4.38. The van der Waals surface area contributed by atoms with Crippen LogP contribution in [0.25, 0.3) is 0 Å². The van der Waals surface area contributed by atoms with Gasteiger partial charge < -0.3 is 14.2 Å². The molecule has 0 rings (SSSR count). The summed E-state index contributed by atoms with van der Waals surface area (Å²) in [5.74, 6) is -1.00. The van der Waals surface area contributed by atoms with E-state index in [0.29, 0.717) is 19.3 Å². The van der Waals surface area contributed by atoms with E-state index >= 15 is 0 Å². The van der Waals surface area contributed by atoms with Gasteiger partial charge in [-0.3, -0.25) is 14.4 Å². The molecule has 0 saturated carbocycles. The van der Waals surface area contributed by atoms with E-state index in [1.165, 1.54) is 161 Å². The van der Waals surface area contributed by atoms with Crippen LogP contribution in [0.5, 0.6) is 0 Å². The minimum absolute atomic E-state index is 0.113. The molecule has 0 bridgehead atoms. The summed E-state index contributed by atoms with van der Waals surface area (Å²) in [4.78, 5) is 38.4. The van der Waals surface area contributed by atoms with Gasteiger partial charge in [0.15, 0.2) is 6.10 Å². The molecular formula is C77H128O6. The lowest BCUT2D eigenvalue weighted by Crippen LogP contribution is -2.30. The minimum Gasteiger partial charge on any atom is -0.462 e. The molecule has 1 unspecified atom stereocenters. The van der Waals surface area contributed by atoms with Gasteiger partial charge in [-0.1, -0.05) is 309 Å². The maximum atomic E-state index is 12.9. The summed E-state index contributed by atoms with van der Waals surface area (Å²) in [6, 6.07) is 0. The van der Waals surface area contributed by atoms with Gasteiger partial charge in [-0.25, -0.2) is 0 Å². The number of esters is 3. The zero-order valence-electron chi connectivity index (χ0n) is 54.2. The Morgan fingerprint density at radius 3 is 0.783 bits per heavy atom. The lowest BCUT2D eigenvalue weighted by molar-refractivity contribution is -0.166. The summed E-state index contributed by atoms with van der Waals surface area (Å²) in [5, 5.41) is 0. The van der Waals surface area contributed by atoms with Crippen LogP contribution in [0.1, 0.15) is 316 Å². The van der Waals surface area contributed by atoms with Gasteiger partial charge in [-0.05, 0) is 122 Å². The fourth-order valence-electron chi connectivity index (χ4n) is 9.52. The number of unbranched alkanes of at least 4 members (excludes halogenated alkanes) is 29. The Kier molecular flexibility index (Phi) is 66.3. The van der Waals surface area contributed by atoms with Gasteiger partial charge in [0.1, 0.15) is 13.2 Å². The van der Waals surface area contributed by atoms with Gasteiger partial charge in [0.25, 0.3) is 0 Å². The van der Waals surface area contributed by atoms with Crippen molar-refractivity contribution in [2.75, 3.05) is 13.2 Å². The van der Waals surface area contributed by atoms with Gasteiger partial charge >= 0.3 is 17.9 Å². The summed E-state index contributed by atoms with van der Waals surface area (Å²) in [6.07, 6.45) is 99.2. The zero-order valence-corrected chi connectivity index (χ0v) is 54.2. The zero-order chi connectivity index (χ0) is 59.9. The van der Waals surface area contributed by atoms with Crippen molar-refractivity contribution in [3.05, 3.63) is 134 Å². The van der Waals surface area contributed by atoms with Crippen LogP contribution < -0.4 is 0 Å². The van der Waals surface area contributed by atoms with Crippen LogP contribution in [-0.4, -0.2) is 37.2 Å². The van der Waals surface area contributed by atoms with Crippen molar-refractivity contribution in [1.29, 1.82) is 0 Å². The van der Waals surface area contributed by atoms with Crippen molar-refractivity contribution in [3.8, 4) is 0 Å². The molecule has 6 heteroatoms. The largest absolute Gasteiger partial charge is 0.462 e. The Morgan fingerprint density at radius 1 is 0.253 bits per heavy atom. The first-order valence-electron chi connectivity index (χ1n) is 34.7. The molecule has 0 N–H and O–H groups in total. The summed E-state index contributed by atoms with van der Waals surface area (Å²) in [7, 11) is 0. The van der Waals surface area contributed by atoms with Crippen LogP contribution in [0.15, 0.2) is 134 Å². The van der Waals surface area contributed by atoms with Crippen LogP contribution in [-0.2, 0) is 28.6 Å². The fourth-order valence-corrected chi connectivity index (χ4v) is 9.52. The molecule has 0 radical (unpaired) electrons. The number of hydrogen-bond acceptors (Lipinski definition) is 6. The molecule has 1 atom stereocenters. The highest BCUT2D eigenvalue weighted by atomic mass is 16.6. The van der Waals surface area contributed by atoms with E-state index in [1.54, 1.807) is 0 Å². The SMILES string of the molecule is CC/C=C\C/C=C\C/C=C\C/C=C\C/C=C\C/C=C\CCC(=O)OC(COC(=O)CCCCCCCCC/C=C\C/C=C\C/C=C\CC)COC(=O)CCCCCCCCCCCCCCCCCCC/C=C\C/C=C\CCCCCCC. The molecule has 0 aromatic heterocycles. The quantitative estimate of drug-likeness (QED) is 0.0261. The van der Waals surface area contributed by atoms with Crippen molar-refractivity contribution >= 4 is 17.9 Å². The van der Waals surface area contributed by atoms with E-state index in [2.05, 4.69) is 148 Å². The average Bonchev–Trinajstić information content (AvgIpc) is 3.49. The molecule has 0 spiro atoms. The topological polar surface area (TPSA) is 78.9 Å². The number of carbonyl (C=O) groups is 3. The van der Waals surface area contributed by atoms with Gasteiger partial charge in [-0.15, -0.1) is 0 Å². The predicted molar refractivity (Wildman–Crippen MR) is 362 cm³/mol. The van der Waals surface area contributed by atoms with Crippen LogP contribution in [0.3, 0.4) is 0 Å². The predicted octanol–water partition coefficient (Wildman–Crippen LogP) is 24.1. The van der Waals surface area contributed by atoms with Crippen molar-refractivity contribution < 1.29 is 28.6 Å². The highest BCUT2D eigenvalue weighted by molar-refractivity contribution is 5.71. The fraction of sp³-hybridized carbons (Fsp3) is 0.675. The van der Waals surface area contributed by atoms with Gasteiger partial charge in [0.2, 0.25) is 0 Å². The van der Waals surface area contributed by atoms with Crippen molar-refractivity contribution in [3.63, 3.8) is 0 Å². The third-order valence-electron chi connectivity index (χ3n) is 14.6.